The molecular formula is C17H26N6O3. The van der Waals surface area contributed by atoms with E-state index in [0.29, 0.717) is 30.8 Å². The number of methoxy groups -OCH3 is 1. The molecule has 2 fully saturated rings. The zero-order valence-corrected chi connectivity index (χ0v) is 15.0. The van der Waals surface area contributed by atoms with Crippen molar-refractivity contribution < 1.29 is 14.3 Å². The maximum Gasteiger partial charge on any atom is 0.254 e. The molecule has 1 saturated carbocycles. The van der Waals surface area contributed by atoms with Gasteiger partial charge in [0.15, 0.2) is 0 Å². The summed E-state index contributed by atoms with van der Waals surface area (Å²) >= 11 is 0. The van der Waals surface area contributed by atoms with Crippen LogP contribution >= 0.6 is 0 Å². The number of nitrogens with one attached hydrogen (secondary N) is 3. The van der Waals surface area contributed by atoms with Gasteiger partial charge >= 0.3 is 0 Å². The largest absolute Gasteiger partial charge is 0.381 e. The average molecular weight is 362 g/mol. The van der Waals surface area contributed by atoms with Crippen LogP contribution in [0, 0.1) is 0 Å². The standard InChI is InChI=1S/C17H26N6O3/c1-26-12-4-2-10(3-5-12)22-17-20-9-13(15(18)25)16(23-17)21-11-6-7-19-14(24)8-11/h9-12H,2-8H2,1H3,(H2,18,25)(H,19,24)(H2,20,21,22,23)/t10?,11-,12?/m1/s1. The number of piperidine rings is 1. The number of rotatable bonds is 6. The van der Waals surface area contributed by atoms with E-state index in [1.807, 2.05) is 0 Å². The second kappa shape index (κ2) is 8.31. The van der Waals surface area contributed by atoms with Gasteiger partial charge in [-0.3, -0.25) is 9.59 Å². The summed E-state index contributed by atoms with van der Waals surface area (Å²) in [7, 11) is 1.74. The molecule has 0 bridgehead atoms. The summed E-state index contributed by atoms with van der Waals surface area (Å²) in [6, 6.07) is 0.191. The predicted octanol–water partition coefficient (Wildman–Crippen LogP) is 0.636. The Morgan fingerprint density at radius 2 is 2.00 bits per heavy atom. The van der Waals surface area contributed by atoms with Crippen LogP contribution in [0.2, 0.25) is 0 Å². The van der Waals surface area contributed by atoms with Crippen molar-refractivity contribution in [1.82, 2.24) is 15.3 Å². The van der Waals surface area contributed by atoms with Crippen molar-refractivity contribution in [3.05, 3.63) is 11.8 Å². The number of aromatic nitrogens is 2. The van der Waals surface area contributed by atoms with E-state index in [-0.39, 0.29) is 23.6 Å². The number of nitrogens with two attached hydrogens (primary N) is 1. The Labute approximate surface area is 152 Å². The molecule has 0 radical (unpaired) electrons. The summed E-state index contributed by atoms with van der Waals surface area (Å²) in [6.45, 7) is 0.599. The molecule has 0 aromatic carbocycles. The molecule has 2 aliphatic rings. The van der Waals surface area contributed by atoms with Crippen molar-refractivity contribution in [2.75, 3.05) is 24.3 Å². The number of carbonyl (C=O) groups excluding carboxylic acids is 2. The summed E-state index contributed by atoms with van der Waals surface area (Å²) in [5.41, 5.74) is 5.67. The summed E-state index contributed by atoms with van der Waals surface area (Å²) in [5, 5.41) is 9.29. The van der Waals surface area contributed by atoms with Crippen LogP contribution in [0.4, 0.5) is 11.8 Å². The van der Waals surface area contributed by atoms with Gasteiger partial charge < -0.3 is 26.4 Å². The van der Waals surface area contributed by atoms with Gasteiger partial charge in [-0.15, -0.1) is 0 Å². The number of ether oxygens (including phenoxy) is 1. The van der Waals surface area contributed by atoms with Crippen LogP contribution in [0.25, 0.3) is 0 Å². The third-order valence-corrected chi connectivity index (χ3v) is 4.98. The fourth-order valence-electron chi connectivity index (χ4n) is 3.47. The lowest BCUT2D eigenvalue weighted by Gasteiger charge is -2.28. The lowest BCUT2D eigenvalue weighted by Crippen LogP contribution is -2.40. The Balaban J connectivity index is 1.69. The molecular weight excluding hydrogens is 336 g/mol. The molecule has 0 spiro atoms. The lowest BCUT2D eigenvalue weighted by atomic mass is 9.93. The predicted molar refractivity (Wildman–Crippen MR) is 96.9 cm³/mol. The van der Waals surface area contributed by atoms with Gasteiger partial charge in [0.1, 0.15) is 5.82 Å². The monoisotopic (exact) mass is 362 g/mol. The number of hydrogen-bond acceptors (Lipinski definition) is 7. The number of nitrogens with zero attached hydrogens (tertiary/aromatic N) is 2. The van der Waals surface area contributed by atoms with Gasteiger partial charge in [0.25, 0.3) is 5.91 Å². The van der Waals surface area contributed by atoms with Crippen molar-refractivity contribution in [3.63, 3.8) is 0 Å². The average Bonchev–Trinajstić information content (AvgIpc) is 2.62. The molecule has 1 aliphatic carbocycles. The third kappa shape index (κ3) is 4.60. The number of anilines is 2. The molecule has 1 aromatic heterocycles. The summed E-state index contributed by atoms with van der Waals surface area (Å²) < 4.78 is 5.39. The van der Waals surface area contributed by atoms with Crippen molar-refractivity contribution in [2.45, 2.75) is 56.7 Å². The molecule has 1 saturated heterocycles. The molecule has 9 heteroatoms. The first-order chi connectivity index (χ1) is 12.5. The number of amides is 2. The molecule has 2 amide bonds. The van der Waals surface area contributed by atoms with E-state index in [1.54, 1.807) is 7.11 Å². The minimum Gasteiger partial charge on any atom is -0.381 e. The van der Waals surface area contributed by atoms with Crippen molar-refractivity contribution in [3.8, 4) is 0 Å². The molecule has 1 aromatic rings. The van der Waals surface area contributed by atoms with Crippen LogP contribution in [0.5, 0.6) is 0 Å². The highest BCUT2D eigenvalue weighted by Crippen LogP contribution is 2.24. The first kappa shape index (κ1) is 18.4. The molecule has 1 aliphatic heterocycles. The summed E-state index contributed by atoms with van der Waals surface area (Å²) in [6.07, 6.45) is 6.80. The molecule has 2 heterocycles. The maximum absolute atomic E-state index is 11.7. The quantitative estimate of drug-likeness (QED) is 0.584. The van der Waals surface area contributed by atoms with Crippen LogP contribution < -0.4 is 21.7 Å². The van der Waals surface area contributed by atoms with E-state index in [4.69, 9.17) is 10.5 Å². The fraction of sp³-hybridized carbons (Fsp3) is 0.647. The molecule has 26 heavy (non-hydrogen) atoms. The van der Waals surface area contributed by atoms with E-state index < -0.39 is 5.91 Å². The zero-order valence-electron chi connectivity index (χ0n) is 15.0. The van der Waals surface area contributed by atoms with E-state index in [1.165, 1.54) is 6.20 Å². The van der Waals surface area contributed by atoms with E-state index in [9.17, 15) is 9.59 Å². The van der Waals surface area contributed by atoms with E-state index in [2.05, 4.69) is 25.9 Å². The Kier molecular flexibility index (Phi) is 5.87. The van der Waals surface area contributed by atoms with Gasteiger partial charge in [0.05, 0.1) is 11.7 Å². The smallest absolute Gasteiger partial charge is 0.254 e. The van der Waals surface area contributed by atoms with Gasteiger partial charge in [-0.05, 0) is 32.1 Å². The first-order valence-electron chi connectivity index (χ1n) is 9.04. The van der Waals surface area contributed by atoms with Crippen LogP contribution in [0.3, 0.4) is 0 Å². The second-order valence-electron chi connectivity index (χ2n) is 6.86. The highest BCUT2D eigenvalue weighted by atomic mass is 16.5. The number of primary amides is 1. The van der Waals surface area contributed by atoms with E-state index >= 15 is 0 Å². The summed E-state index contributed by atoms with van der Waals surface area (Å²) in [5.74, 6) is 0.218. The first-order valence-corrected chi connectivity index (χ1v) is 9.04. The Morgan fingerprint density at radius 1 is 1.23 bits per heavy atom. The summed E-state index contributed by atoms with van der Waals surface area (Å²) in [4.78, 5) is 31.9. The molecule has 3 rings (SSSR count). The Morgan fingerprint density at radius 3 is 2.65 bits per heavy atom. The zero-order chi connectivity index (χ0) is 18.5. The van der Waals surface area contributed by atoms with Crippen molar-refractivity contribution >= 4 is 23.6 Å². The SMILES string of the molecule is COC1CCC(Nc2ncc(C(N)=O)c(N[C@@H]3CCNC(=O)C3)n2)CC1. The lowest BCUT2D eigenvalue weighted by molar-refractivity contribution is -0.122. The normalized spacial score (nSPS) is 26.0. The molecule has 5 N–H and O–H groups in total. The van der Waals surface area contributed by atoms with Crippen LogP contribution in [-0.2, 0) is 9.53 Å². The molecule has 0 unspecified atom stereocenters. The fourth-order valence-corrected chi connectivity index (χ4v) is 3.47. The maximum atomic E-state index is 11.7. The van der Waals surface area contributed by atoms with Crippen molar-refractivity contribution in [2.24, 2.45) is 5.73 Å². The second-order valence-corrected chi connectivity index (χ2v) is 6.86. The van der Waals surface area contributed by atoms with Crippen molar-refractivity contribution in [1.29, 1.82) is 0 Å². The molecule has 1 atom stereocenters. The highest BCUT2D eigenvalue weighted by Gasteiger charge is 2.24. The van der Waals surface area contributed by atoms with Gasteiger partial charge in [-0.1, -0.05) is 0 Å². The molecule has 9 nitrogen and oxygen atoms in total. The third-order valence-electron chi connectivity index (χ3n) is 4.98. The van der Waals surface area contributed by atoms with Gasteiger partial charge in [-0.25, -0.2) is 4.98 Å². The topological polar surface area (TPSA) is 131 Å². The minimum absolute atomic E-state index is 0.0170. The van der Waals surface area contributed by atoms with E-state index in [0.717, 1.165) is 32.1 Å². The Bertz CT molecular complexity index is 660. The van der Waals surface area contributed by atoms with Gasteiger partial charge in [-0.2, -0.15) is 4.98 Å². The number of hydrogen-bond donors (Lipinski definition) is 4. The Hall–Kier alpha value is -2.42. The van der Waals surface area contributed by atoms with Gasteiger partial charge in [0, 0.05) is 38.4 Å². The number of carbonyl (C=O) groups is 2. The minimum atomic E-state index is -0.597. The van der Waals surface area contributed by atoms with Gasteiger partial charge in [0.2, 0.25) is 11.9 Å². The van der Waals surface area contributed by atoms with Crippen LogP contribution in [-0.4, -0.2) is 53.6 Å². The van der Waals surface area contributed by atoms with Crippen LogP contribution in [0.15, 0.2) is 6.20 Å². The van der Waals surface area contributed by atoms with Crippen LogP contribution in [0.1, 0.15) is 48.9 Å². The highest BCUT2D eigenvalue weighted by molar-refractivity contribution is 5.97. The molecule has 142 valence electrons.